The number of benzene rings is 1. The lowest BCUT2D eigenvalue weighted by Gasteiger charge is -2.34. The number of nitrogens with one attached hydrogen (secondary N) is 1. The Morgan fingerprint density at radius 2 is 2.06 bits per heavy atom. The minimum Gasteiger partial charge on any atom is -0.314 e. The first-order valence-electron chi connectivity index (χ1n) is 6.12. The Labute approximate surface area is 128 Å². The fraction of sp³-hybridized carbons (Fsp3) is 0.538. The van der Waals surface area contributed by atoms with E-state index < -0.39 is 0 Å². The van der Waals surface area contributed by atoms with E-state index in [0.717, 1.165) is 41.7 Å². The molecule has 1 heterocycles. The zero-order valence-corrected chi connectivity index (χ0v) is 13.4. The van der Waals surface area contributed by atoms with Gasteiger partial charge in [0.15, 0.2) is 0 Å². The van der Waals surface area contributed by atoms with Gasteiger partial charge in [-0.05, 0) is 47.2 Å². The predicted octanol–water partition coefficient (Wildman–Crippen LogP) is 3.21. The van der Waals surface area contributed by atoms with E-state index in [-0.39, 0.29) is 24.3 Å². The van der Waals surface area contributed by atoms with Gasteiger partial charge in [-0.25, -0.2) is 4.39 Å². The van der Waals surface area contributed by atoms with E-state index in [1.165, 1.54) is 0 Å². The van der Waals surface area contributed by atoms with E-state index in [0.29, 0.717) is 0 Å². The second-order valence-corrected chi connectivity index (χ2v) is 5.62. The first kappa shape index (κ1) is 16.1. The maximum absolute atomic E-state index is 13.9. The van der Waals surface area contributed by atoms with Crippen LogP contribution in [0.1, 0.15) is 24.9 Å². The summed E-state index contributed by atoms with van der Waals surface area (Å²) in [4.78, 5) is 2.38. The molecule has 1 aliphatic heterocycles. The monoisotopic (exact) mass is 384 g/mol. The molecule has 1 aliphatic rings. The molecule has 0 radical (unpaired) electrons. The fourth-order valence-electron chi connectivity index (χ4n) is 2.44. The van der Waals surface area contributed by atoms with Crippen molar-refractivity contribution in [2.45, 2.75) is 19.4 Å². The highest BCUT2D eigenvalue weighted by molar-refractivity contribution is 14.1. The van der Waals surface area contributed by atoms with Crippen molar-refractivity contribution in [3.8, 4) is 0 Å². The lowest BCUT2D eigenvalue weighted by atomic mass is 10.0. The van der Waals surface area contributed by atoms with Crippen molar-refractivity contribution in [2.24, 2.45) is 0 Å². The third-order valence-corrected chi connectivity index (χ3v) is 3.97. The third kappa shape index (κ3) is 3.79. The Kier molecular flexibility index (Phi) is 6.84. The summed E-state index contributed by atoms with van der Waals surface area (Å²) >= 11 is 2.25. The molecule has 2 nitrogen and oxygen atoms in total. The van der Waals surface area contributed by atoms with Crippen LogP contribution in [0.15, 0.2) is 18.2 Å². The Morgan fingerprint density at radius 3 is 2.67 bits per heavy atom. The number of hydrogen-bond donors (Lipinski definition) is 1. The van der Waals surface area contributed by atoms with E-state index in [1.54, 1.807) is 6.07 Å². The van der Waals surface area contributed by atoms with Crippen LogP contribution in [-0.4, -0.2) is 31.1 Å². The SMILES string of the molecule is CC[C@@H](c1cc(I)ccc1F)N1CCNCC1.Cl. The highest BCUT2D eigenvalue weighted by Crippen LogP contribution is 2.28. The molecule has 0 spiro atoms. The molecule has 2 rings (SSSR count). The lowest BCUT2D eigenvalue weighted by Crippen LogP contribution is -2.45. The van der Waals surface area contributed by atoms with Crippen molar-refractivity contribution in [2.75, 3.05) is 26.2 Å². The topological polar surface area (TPSA) is 15.3 Å². The second kappa shape index (κ2) is 7.62. The molecular weight excluding hydrogens is 366 g/mol. The van der Waals surface area contributed by atoms with Crippen molar-refractivity contribution >= 4 is 35.0 Å². The molecule has 0 saturated carbocycles. The first-order chi connectivity index (χ1) is 8.22. The molecule has 18 heavy (non-hydrogen) atoms. The number of piperazine rings is 1. The standard InChI is InChI=1S/C13H18FIN2.ClH/c1-2-13(17-7-5-16-6-8-17)11-9-10(15)3-4-12(11)14;/h3-4,9,13,16H,2,5-8H2,1H3;1H/t13-;/m0./s1. The maximum atomic E-state index is 13.9. The number of halogens is 3. The van der Waals surface area contributed by atoms with Gasteiger partial charge < -0.3 is 5.32 Å². The van der Waals surface area contributed by atoms with Gasteiger partial charge in [-0.3, -0.25) is 4.90 Å². The summed E-state index contributed by atoms with van der Waals surface area (Å²) in [5.41, 5.74) is 0.848. The Morgan fingerprint density at radius 1 is 1.39 bits per heavy atom. The van der Waals surface area contributed by atoms with Crippen LogP contribution in [0.3, 0.4) is 0 Å². The minimum absolute atomic E-state index is 0. The van der Waals surface area contributed by atoms with Gasteiger partial charge in [0.25, 0.3) is 0 Å². The largest absolute Gasteiger partial charge is 0.314 e. The average Bonchev–Trinajstić information content (AvgIpc) is 2.36. The molecule has 1 fully saturated rings. The third-order valence-electron chi connectivity index (χ3n) is 3.30. The van der Waals surface area contributed by atoms with Crippen LogP contribution in [0.2, 0.25) is 0 Å². The molecule has 0 aliphatic carbocycles. The van der Waals surface area contributed by atoms with Gasteiger partial charge in [0, 0.05) is 41.4 Å². The number of hydrogen-bond acceptors (Lipinski definition) is 2. The van der Waals surface area contributed by atoms with Gasteiger partial charge in [0.1, 0.15) is 5.82 Å². The highest BCUT2D eigenvalue weighted by atomic mass is 127. The van der Waals surface area contributed by atoms with Crippen molar-refractivity contribution in [1.82, 2.24) is 10.2 Å². The Hall–Kier alpha value is 0.0900. The normalized spacial score (nSPS) is 18.2. The molecule has 1 aromatic carbocycles. The minimum atomic E-state index is -0.0733. The highest BCUT2D eigenvalue weighted by Gasteiger charge is 2.23. The maximum Gasteiger partial charge on any atom is 0.128 e. The summed E-state index contributed by atoms with van der Waals surface area (Å²) in [6.07, 6.45) is 0.955. The van der Waals surface area contributed by atoms with Crippen molar-refractivity contribution in [1.29, 1.82) is 0 Å². The van der Waals surface area contributed by atoms with E-state index >= 15 is 0 Å². The Bertz CT molecular complexity index is 383. The molecule has 1 N–H and O–H groups in total. The molecule has 1 aromatic rings. The van der Waals surface area contributed by atoms with E-state index in [9.17, 15) is 4.39 Å². The summed E-state index contributed by atoms with van der Waals surface area (Å²) in [5.74, 6) is -0.0733. The van der Waals surface area contributed by atoms with Gasteiger partial charge in [-0.15, -0.1) is 12.4 Å². The molecule has 1 atom stereocenters. The molecular formula is C13H19ClFIN2. The van der Waals surface area contributed by atoms with Gasteiger partial charge in [0.2, 0.25) is 0 Å². The Balaban J connectivity index is 0.00000162. The number of nitrogens with zero attached hydrogens (tertiary/aromatic N) is 1. The summed E-state index contributed by atoms with van der Waals surface area (Å²) in [6, 6.07) is 5.60. The fourth-order valence-corrected chi connectivity index (χ4v) is 2.95. The van der Waals surface area contributed by atoms with Gasteiger partial charge >= 0.3 is 0 Å². The molecule has 5 heteroatoms. The zero-order chi connectivity index (χ0) is 12.3. The van der Waals surface area contributed by atoms with Crippen molar-refractivity contribution in [3.05, 3.63) is 33.1 Å². The van der Waals surface area contributed by atoms with Crippen LogP contribution in [0.25, 0.3) is 0 Å². The predicted molar refractivity (Wildman–Crippen MR) is 83.8 cm³/mol. The first-order valence-corrected chi connectivity index (χ1v) is 7.20. The van der Waals surface area contributed by atoms with E-state index in [2.05, 4.69) is 39.7 Å². The summed E-state index contributed by atoms with van der Waals surface area (Å²) < 4.78 is 15.0. The van der Waals surface area contributed by atoms with Crippen LogP contribution in [0, 0.1) is 9.39 Å². The average molecular weight is 385 g/mol. The van der Waals surface area contributed by atoms with E-state index in [4.69, 9.17) is 0 Å². The van der Waals surface area contributed by atoms with Crippen molar-refractivity contribution in [3.63, 3.8) is 0 Å². The quantitative estimate of drug-likeness (QED) is 0.805. The molecule has 102 valence electrons. The molecule has 0 aromatic heterocycles. The molecule has 0 unspecified atom stereocenters. The van der Waals surface area contributed by atoms with Crippen LogP contribution in [0.5, 0.6) is 0 Å². The van der Waals surface area contributed by atoms with Crippen LogP contribution in [-0.2, 0) is 0 Å². The van der Waals surface area contributed by atoms with E-state index in [1.807, 2.05) is 12.1 Å². The smallest absolute Gasteiger partial charge is 0.128 e. The summed E-state index contributed by atoms with van der Waals surface area (Å²) in [5, 5.41) is 3.33. The zero-order valence-electron chi connectivity index (χ0n) is 10.5. The summed E-state index contributed by atoms with van der Waals surface area (Å²) in [6.45, 7) is 6.14. The van der Waals surface area contributed by atoms with Crippen LogP contribution in [0.4, 0.5) is 4.39 Å². The van der Waals surface area contributed by atoms with Gasteiger partial charge in [0.05, 0.1) is 0 Å². The molecule has 0 amide bonds. The second-order valence-electron chi connectivity index (χ2n) is 4.38. The number of rotatable bonds is 3. The van der Waals surface area contributed by atoms with Gasteiger partial charge in [-0.2, -0.15) is 0 Å². The molecule has 0 bridgehead atoms. The van der Waals surface area contributed by atoms with Crippen molar-refractivity contribution < 1.29 is 4.39 Å². The lowest BCUT2D eigenvalue weighted by molar-refractivity contribution is 0.166. The van der Waals surface area contributed by atoms with Gasteiger partial charge in [-0.1, -0.05) is 6.92 Å². The van der Waals surface area contributed by atoms with Crippen LogP contribution >= 0.6 is 35.0 Å². The summed E-state index contributed by atoms with van der Waals surface area (Å²) in [7, 11) is 0. The molecule has 1 saturated heterocycles. The van der Waals surface area contributed by atoms with Crippen LogP contribution < -0.4 is 5.32 Å².